The molecule has 0 radical (unpaired) electrons. The van der Waals surface area contributed by atoms with Gasteiger partial charge in [-0.25, -0.2) is 4.79 Å². The first kappa shape index (κ1) is 21.3. The van der Waals surface area contributed by atoms with Gasteiger partial charge in [0.1, 0.15) is 11.8 Å². The van der Waals surface area contributed by atoms with Crippen LogP contribution in [0, 0.1) is 11.3 Å². The quantitative estimate of drug-likeness (QED) is 0.643. The van der Waals surface area contributed by atoms with Crippen molar-refractivity contribution >= 4 is 11.7 Å². The zero-order chi connectivity index (χ0) is 22.7. The highest BCUT2D eigenvalue weighted by Crippen LogP contribution is 2.31. The molecule has 0 unspecified atom stereocenters. The van der Waals surface area contributed by atoms with E-state index >= 15 is 0 Å². The van der Waals surface area contributed by atoms with Crippen molar-refractivity contribution < 1.29 is 22.5 Å². The molecule has 1 fully saturated rings. The molecule has 2 amide bonds. The van der Waals surface area contributed by atoms with Crippen molar-refractivity contribution in [3.05, 3.63) is 59.7 Å². The maximum absolute atomic E-state index is 12.7. The van der Waals surface area contributed by atoms with E-state index in [0.29, 0.717) is 48.6 Å². The van der Waals surface area contributed by atoms with Crippen LogP contribution in [0.15, 0.2) is 47.1 Å². The lowest BCUT2D eigenvalue weighted by molar-refractivity contribution is -0.141. The van der Waals surface area contributed by atoms with E-state index in [2.05, 4.69) is 20.4 Å². The number of nitrogens with one attached hydrogen (secondary N) is 1. The summed E-state index contributed by atoms with van der Waals surface area (Å²) in [7, 11) is 0. The van der Waals surface area contributed by atoms with Crippen LogP contribution in [-0.4, -0.2) is 39.1 Å². The molecule has 1 aromatic carbocycles. The second-order valence-corrected chi connectivity index (χ2v) is 7.23. The summed E-state index contributed by atoms with van der Waals surface area (Å²) < 4.78 is 43.3. The lowest BCUT2D eigenvalue weighted by Gasteiger charge is -2.30. The highest BCUT2D eigenvalue weighted by atomic mass is 19.4. The molecule has 32 heavy (non-hydrogen) atoms. The number of anilines is 1. The smallest absolute Gasteiger partial charge is 0.339 e. The Labute approximate surface area is 180 Å². The number of urea groups is 1. The third-order valence-corrected chi connectivity index (χ3v) is 5.17. The number of para-hydroxylation sites is 1. The molecule has 3 heterocycles. The van der Waals surface area contributed by atoms with Gasteiger partial charge in [-0.15, -0.1) is 0 Å². The van der Waals surface area contributed by atoms with Crippen LogP contribution in [0.2, 0.25) is 0 Å². The van der Waals surface area contributed by atoms with Crippen LogP contribution >= 0.6 is 0 Å². The lowest BCUT2D eigenvalue weighted by atomic mass is 9.97. The number of nitriles is 1. The minimum Gasteiger partial charge on any atom is -0.339 e. The molecular weight excluding hydrogens is 425 g/mol. The van der Waals surface area contributed by atoms with Crippen LogP contribution in [0.25, 0.3) is 11.4 Å². The molecule has 164 valence electrons. The maximum atomic E-state index is 12.7. The van der Waals surface area contributed by atoms with E-state index in [1.54, 1.807) is 29.2 Å². The highest BCUT2D eigenvalue weighted by molar-refractivity contribution is 5.90. The molecule has 3 aromatic rings. The number of hydrogen-bond acceptors (Lipinski definition) is 6. The fourth-order valence-corrected chi connectivity index (χ4v) is 3.43. The van der Waals surface area contributed by atoms with E-state index in [1.807, 2.05) is 6.07 Å². The number of aromatic nitrogens is 3. The van der Waals surface area contributed by atoms with E-state index in [0.717, 1.165) is 12.3 Å². The molecule has 1 saturated heterocycles. The fourth-order valence-electron chi connectivity index (χ4n) is 3.43. The Balaban J connectivity index is 1.36. The van der Waals surface area contributed by atoms with E-state index in [-0.39, 0.29) is 17.8 Å². The maximum Gasteiger partial charge on any atom is 0.433 e. The Hall–Kier alpha value is -3.94. The molecule has 0 aliphatic carbocycles. The predicted molar refractivity (Wildman–Crippen MR) is 106 cm³/mol. The van der Waals surface area contributed by atoms with Crippen LogP contribution in [0.3, 0.4) is 0 Å². The van der Waals surface area contributed by atoms with Gasteiger partial charge in [-0.3, -0.25) is 4.98 Å². The third kappa shape index (κ3) is 4.54. The van der Waals surface area contributed by atoms with Crippen LogP contribution in [0.1, 0.15) is 35.9 Å². The van der Waals surface area contributed by atoms with Gasteiger partial charge in [0.25, 0.3) is 0 Å². The van der Waals surface area contributed by atoms with Crippen molar-refractivity contribution in [1.82, 2.24) is 20.0 Å². The van der Waals surface area contributed by atoms with Crippen LogP contribution in [0.5, 0.6) is 0 Å². The second-order valence-electron chi connectivity index (χ2n) is 7.23. The number of benzene rings is 1. The number of amides is 2. The molecule has 0 saturated carbocycles. The number of halogens is 3. The Kier molecular flexibility index (Phi) is 5.77. The van der Waals surface area contributed by atoms with E-state index in [1.165, 1.54) is 6.07 Å². The van der Waals surface area contributed by atoms with Gasteiger partial charge >= 0.3 is 12.2 Å². The molecule has 0 atom stereocenters. The third-order valence-electron chi connectivity index (χ3n) is 5.17. The van der Waals surface area contributed by atoms with Gasteiger partial charge in [-0.1, -0.05) is 17.3 Å². The fraction of sp³-hybridized carbons (Fsp3) is 0.286. The lowest BCUT2D eigenvalue weighted by Crippen LogP contribution is -2.40. The molecule has 11 heteroatoms. The highest BCUT2D eigenvalue weighted by Gasteiger charge is 2.32. The zero-order valence-corrected chi connectivity index (χ0v) is 16.6. The number of alkyl halides is 3. The van der Waals surface area contributed by atoms with Gasteiger partial charge in [0.15, 0.2) is 0 Å². The van der Waals surface area contributed by atoms with Gasteiger partial charge in [0.2, 0.25) is 11.7 Å². The molecule has 2 aromatic heterocycles. The summed E-state index contributed by atoms with van der Waals surface area (Å²) in [6, 6.07) is 10.6. The van der Waals surface area contributed by atoms with Crippen molar-refractivity contribution in [2.75, 3.05) is 18.4 Å². The summed E-state index contributed by atoms with van der Waals surface area (Å²) in [5.41, 5.74) is 0.162. The second kappa shape index (κ2) is 8.66. The molecular formula is C21H17F3N6O2. The van der Waals surface area contributed by atoms with Crippen molar-refractivity contribution in [3.63, 3.8) is 0 Å². The molecule has 1 aliphatic rings. The first-order chi connectivity index (χ1) is 15.3. The predicted octanol–water partition coefficient (Wildman–Crippen LogP) is 4.43. The van der Waals surface area contributed by atoms with E-state index < -0.39 is 11.9 Å². The molecule has 0 spiro atoms. The zero-order valence-electron chi connectivity index (χ0n) is 16.6. The number of likely N-dealkylation sites (tertiary alicyclic amines) is 1. The number of piperidine rings is 1. The Morgan fingerprint density at radius 1 is 1.19 bits per heavy atom. The summed E-state index contributed by atoms with van der Waals surface area (Å²) in [6.07, 6.45) is -2.29. The summed E-state index contributed by atoms with van der Waals surface area (Å²) in [5, 5.41) is 15.7. The number of nitrogens with zero attached hydrogens (tertiary/aromatic N) is 5. The number of carbonyl (C=O) groups is 1. The van der Waals surface area contributed by atoms with Crippen LogP contribution < -0.4 is 5.32 Å². The molecule has 1 aliphatic heterocycles. The Morgan fingerprint density at radius 2 is 1.94 bits per heavy atom. The van der Waals surface area contributed by atoms with Gasteiger partial charge < -0.3 is 14.7 Å². The first-order valence-corrected chi connectivity index (χ1v) is 9.77. The first-order valence-electron chi connectivity index (χ1n) is 9.77. The monoisotopic (exact) mass is 442 g/mol. The summed E-state index contributed by atoms with van der Waals surface area (Å²) in [6.45, 7) is 0.898. The molecule has 1 N–H and O–H groups in total. The molecule has 0 bridgehead atoms. The Bertz CT molecular complexity index is 1150. The van der Waals surface area contributed by atoms with Gasteiger partial charge in [0.05, 0.1) is 11.3 Å². The molecule has 4 rings (SSSR count). The van der Waals surface area contributed by atoms with Gasteiger partial charge in [0, 0.05) is 30.8 Å². The van der Waals surface area contributed by atoms with E-state index in [9.17, 15) is 18.0 Å². The minimum atomic E-state index is -4.52. The molecule has 8 nitrogen and oxygen atoms in total. The number of pyridine rings is 1. The van der Waals surface area contributed by atoms with Crippen LogP contribution in [0.4, 0.5) is 23.7 Å². The number of rotatable bonds is 3. The SMILES string of the molecule is N#Cc1ccccc1NC(=O)N1CCC(c2nc(-c3ccc(C(F)(F)F)nc3)no2)CC1. The van der Waals surface area contributed by atoms with E-state index in [4.69, 9.17) is 9.78 Å². The number of hydrogen-bond donors (Lipinski definition) is 1. The largest absolute Gasteiger partial charge is 0.433 e. The summed E-state index contributed by atoms with van der Waals surface area (Å²) in [5.74, 6) is 0.457. The van der Waals surface area contributed by atoms with Crippen molar-refractivity contribution in [1.29, 1.82) is 5.26 Å². The average molecular weight is 442 g/mol. The van der Waals surface area contributed by atoms with Gasteiger partial charge in [-0.2, -0.15) is 23.4 Å². The normalized spacial score (nSPS) is 14.8. The summed E-state index contributed by atoms with van der Waals surface area (Å²) in [4.78, 5) is 21.9. The van der Waals surface area contributed by atoms with Gasteiger partial charge in [-0.05, 0) is 37.1 Å². The Morgan fingerprint density at radius 3 is 2.59 bits per heavy atom. The standard InChI is InChI=1S/C21H17F3N6O2/c22-21(23,24)17-6-5-15(12-26-17)18-28-19(32-29-18)13-7-9-30(10-8-13)20(31)27-16-4-2-1-3-14(16)11-25/h1-6,12-13H,7-10H2,(H,27,31). The van der Waals surface area contributed by atoms with Crippen molar-refractivity contribution in [2.45, 2.75) is 24.9 Å². The average Bonchev–Trinajstić information content (AvgIpc) is 3.29. The minimum absolute atomic E-state index is 0.0749. The topological polar surface area (TPSA) is 108 Å². The van der Waals surface area contributed by atoms with Crippen molar-refractivity contribution in [2.24, 2.45) is 0 Å². The van der Waals surface area contributed by atoms with Crippen molar-refractivity contribution in [3.8, 4) is 17.5 Å². The summed E-state index contributed by atoms with van der Waals surface area (Å²) >= 11 is 0. The number of carbonyl (C=O) groups excluding carboxylic acids is 1. The van der Waals surface area contributed by atoms with Crippen LogP contribution in [-0.2, 0) is 6.18 Å².